The van der Waals surface area contributed by atoms with E-state index in [1.54, 1.807) is 27.4 Å². The van der Waals surface area contributed by atoms with E-state index < -0.39 is 10.0 Å². The maximum absolute atomic E-state index is 13.1. The Labute approximate surface area is 189 Å². The molecule has 4 rings (SSSR count). The lowest BCUT2D eigenvalue weighted by Crippen LogP contribution is -2.41. The molecular weight excluding hydrogens is 434 g/mol. The van der Waals surface area contributed by atoms with Gasteiger partial charge in [-0.25, -0.2) is 8.42 Å². The predicted molar refractivity (Wildman–Crippen MR) is 123 cm³/mol. The molecule has 1 saturated heterocycles. The lowest BCUT2D eigenvalue weighted by Gasteiger charge is -2.31. The first-order valence-electron chi connectivity index (χ1n) is 10.7. The Kier molecular flexibility index (Phi) is 6.67. The second-order valence-electron chi connectivity index (χ2n) is 8.31. The van der Waals surface area contributed by atoms with Gasteiger partial charge in [0.25, 0.3) is 0 Å². The third kappa shape index (κ3) is 4.80. The number of hydrogen-bond donors (Lipinski definition) is 0. The summed E-state index contributed by atoms with van der Waals surface area (Å²) in [6.07, 6.45) is 3.42. The fraction of sp³-hybridized carbons (Fsp3) is 0.435. The summed E-state index contributed by atoms with van der Waals surface area (Å²) in [5.41, 5.74) is 2.73. The van der Waals surface area contributed by atoms with Crippen molar-refractivity contribution in [3.05, 3.63) is 58.6 Å². The summed E-state index contributed by atoms with van der Waals surface area (Å²) >= 11 is 6.24. The molecule has 0 spiro atoms. The number of benzene rings is 2. The molecule has 0 bridgehead atoms. The van der Waals surface area contributed by atoms with Crippen LogP contribution in [0.4, 0.5) is 5.69 Å². The first-order chi connectivity index (χ1) is 14.9. The molecule has 0 saturated carbocycles. The number of fused-ring (bicyclic) bond motifs is 1. The predicted octanol–water partition coefficient (Wildman–Crippen LogP) is 3.54. The van der Waals surface area contributed by atoms with E-state index in [-0.39, 0.29) is 12.5 Å². The fourth-order valence-electron chi connectivity index (χ4n) is 4.36. The van der Waals surface area contributed by atoms with Crippen molar-refractivity contribution in [3.8, 4) is 0 Å². The van der Waals surface area contributed by atoms with E-state index in [4.69, 9.17) is 11.6 Å². The quantitative estimate of drug-likeness (QED) is 0.660. The number of anilines is 1. The molecule has 2 aromatic carbocycles. The van der Waals surface area contributed by atoms with E-state index in [9.17, 15) is 13.2 Å². The van der Waals surface area contributed by atoms with Crippen molar-refractivity contribution in [1.82, 2.24) is 9.21 Å². The largest absolute Gasteiger partial charge is 0.311 e. The van der Waals surface area contributed by atoms with Gasteiger partial charge in [-0.3, -0.25) is 9.69 Å². The van der Waals surface area contributed by atoms with Gasteiger partial charge in [-0.2, -0.15) is 4.31 Å². The van der Waals surface area contributed by atoms with Crippen molar-refractivity contribution in [2.24, 2.45) is 0 Å². The summed E-state index contributed by atoms with van der Waals surface area (Å²) in [4.78, 5) is 17.1. The lowest BCUT2D eigenvalue weighted by molar-refractivity contribution is -0.119. The molecule has 2 aliphatic heterocycles. The van der Waals surface area contributed by atoms with Crippen LogP contribution in [0.5, 0.6) is 0 Å². The maximum Gasteiger partial charge on any atom is 0.243 e. The summed E-state index contributed by atoms with van der Waals surface area (Å²) in [6.45, 7) is 2.66. The number of carbonyl (C=O) groups is 1. The zero-order valence-corrected chi connectivity index (χ0v) is 19.3. The van der Waals surface area contributed by atoms with Crippen molar-refractivity contribution >= 4 is 33.2 Å². The second kappa shape index (κ2) is 9.28. The van der Waals surface area contributed by atoms with Gasteiger partial charge in [-0.1, -0.05) is 29.8 Å². The first-order valence-corrected chi connectivity index (χ1v) is 12.5. The highest BCUT2D eigenvalue weighted by Gasteiger charge is 2.30. The van der Waals surface area contributed by atoms with Crippen LogP contribution in [-0.2, 0) is 27.8 Å². The van der Waals surface area contributed by atoms with Gasteiger partial charge in [0.1, 0.15) is 0 Å². The highest BCUT2D eigenvalue weighted by molar-refractivity contribution is 7.89. The van der Waals surface area contributed by atoms with E-state index in [1.165, 1.54) is 0 Å². The Morgan fingerprint density at radius 1 is 1.06 bits per heavy atom. The smallest absolute Gasteiger partial charge is 0.243 e. The summed E-state index contributed by atoms with van der Waals surface area (Å²) in [5.74, 6) is 0.00523. The van der Waals surface area contributed by atoms with Crippen molar-refractivity contribution in [1.29, 1.82) is 0 Å². The van der Waals surface area contributed by atoms with Gasteiger partial charge in [0.05, 0.1) is 11.4 Å². The summed E-state index contributed by atoms with van der Waals surface area (Å²) < 4.78 is 27.4. The third-order valence-corrected chi connectivity index (χ3v) is 8.24. The number of amides is 1. The lowest BCUT2D eigenvalue weighted by atomic mass is 10.0. The van der Waals surface area contributed by atoms with Crippen LogP contribution in [0, 0.1) is 0 Å². The van der Waals surface area contributed by atoms with Crippen LogP contribution >= 0.6 is 11.6 Å². The summed E-state index contributed by atoms with van der Waals surface area (Å²) in [6, 6.07) is 12.8. The number of nitrogens with zero attached hydrogens (tertiary/aromatic N) is 3. The Morgan fingerprint density at radius 3 is 2.55 bits per heavy atom. The van der Waals surface area contributed by atoms with Crippen molar-refractivity contribution in [2.45, 2.75) is 37.1 Å². The molecule has 6 nitrogen and oxygen atoms in total. The second-order valence-corrected chi connectivity index (χ2v) is 10.7. The number of likely N-dealkylation sites (N-methyl/N-ethyl adjacent to an activating group) is 1. The number of sulfonamides is 1. The molecule has 2 heterocycles. The Hall–Kier alpha value is -1.93. The van der Waals surface area contributed by atoms with E-state index in [0.29, 0.717) is 36.1 Å². The number of halogens is 1. The Bertz CT molecular complexity index is 1070. The van der Waals surface area contributed by atoms with Gasteiger partial charge < -0.3 is 4.90 Å². The molecular formula is C23H28ClN3O3S. The molecule has 166 valence electrons. The van der Waals surface area contributed by atoms with Gasteiger partial charge in [-0.15, -0.1) is 0 Å². The highest BCUT2D eigenvalue weighted by atomic mass is 35.5. The maximum atomic E-state index is 13.1. The van der Waals surface area contributed by atoms with E-state index in [1.807, 2.05) is 36.2 Å². The first kappa shape index (κ1) is 22.3. The average Bonchev–Trinajstić information content (AvgIpc) is 3.30. The minimum atomic E-state index is -3.46. The molecule has 0 atom stereocenters. The summed E-state index contributed by atoms with van der Waals surface area (Å²) in [5, 5.41) is 0.692. The zero-order valence-electron chi connectivity index (χ0n) is 17.8. The average molecular weight is 462 g/mol. The molecule has 8 heteroatoms. The van der Waals surface area contributed by atoms with Crippen LogP contribution < -0.4 is 4.90 Å². The van der Waals surface area contributed by atoms with Crippen LogP contribution in [0.15, 0.2) is 47.4 Å². The molecule has 2 aliphatic rings. The SMILES string of the molecule is CN(CC(=O)N1CCCc2cc(S(=O)(=O)N3CCCC3)ccc21)Cc1ccccc1Cl. The monoisotopic (exact) mass is 461 g/mol. The molecule has 0 aliphatic carbocycles. The highest BCUT2D eigenvalue weighted by Crippen LogP contribution is 2.31. The van der Waals surface area contributed by atoms with Crippen LogP contribution in [0.1, 0.15) is 30.4 Å². The van der Waals surface area contributed by atoms with Crippen LogP contribution in [-0.4, -0.2) is 56.8 Å². The molecule has 0 radical (unpaired) electrons. The molecule has 0 unspecified atom stereocenters. The normalized spacial score (nSPS) is 17.2. The number of rotatable bonds is 6. The van der Waals surface area contributed by atoms with Crippen LogP contribution in [0.2, 0.25) is 5.02 Å². The van der Waals surface area contributed by atoms with E-state index in [2.05, 4.69) is 0 Å². The van der Waals surface area contributed by atoms with Crippen molar-refractivity contribution in [3.63, 3.8) is 0 Å². The minimum Gasteiger partial charge on any atom is -0.311 e. The number of hydrogen-bond acceptors (Lipinski definition) is 4. The zero-order chi connectivity index (χ0) is 22.0. The van der Waals surface area contributed by atoms with Crippen molar-refractivity contribution < 1.29 is 13.2 Å². The topological polar surface area (TPSA) is 60.9 Å². The van der Waals surface area contributed by atoms with Gasteiger partial charge in [0.15, 0.2) is 0 Å². The number of carbonyl (C=O) groups excluding carboxylic acids is 1. The van der Waals surface area contributed by atoms with E-state index in [0.717, 1.165) is 42.5 Å². The van der Waals surface area contributed by atoms with Crippen LogP contribution in [0.25, 0.3) is 0 Å². The Morgan fingerprint density at radius 2 is 1.81 bits per heavy atom. The molecule has 0 N–H and O–H groups in total. The molecule has 1 amide bonds. The molecule has 0 aromatic heterocycles. The van der Waals surface area contributed by atoms with Crippen molar-refractivity contribution in [2.75, 3.05) is 38.1 Å². The minimum absolute atomic E-state index is 0.00523. The molecule has 1 fully saturated rings. The number of aryl methyl sites for hydroxylation is 1. The fourth-order valence-corrected chi connectivity index (χ4v) is 6.12. The van der Waals surface area contributed by atoms with Gasteiger partial charge in [0, 0.05) is 36.9 Å². The van der Waals surface area contributed by atoms with E-state index >= 15 is 0 Å². The Balaban J connectivity index is 1.49. The summed E-state index contributed by atoms with van der Waals surface area (Å²) in [7, 11) is -1.56. The van der Waals surface area contributed by atoms with Crippen LogP contribution in [0.3, 0.4) is 0 Å². The van der Waals surface area contributed by atoms with Gasteiger partial charge >= 0.3 is 0 Å². The van der Waals surface area contributed by atoms with Gasteiger partial charge in [-0.05, 0) is 68.1 Å². The molecule has 2 aromatic rings. The van der Waals surface area contributed by atoms with Gasteiger partial charge in [0.2, 0.25) is 15.9 Å². The molecule has 31 heavy (non-hydrogen) atoms. The third-order valence-electron chi connectivity index (χ3n) is 5.98. The standard InChI is InChI=1S/C23H28ClN3O3S/c1-25(16-19-7-2-3-9-21(19)24)17-23(28)27-14-6-8-18-15-20(10-11-22(18)27)31(29,30)26-12-4-5-13-26/h2-3,7,9-11,15H,4-6,8,12-14,16-17H2,1H3.